The first-order chi connectivity index (χ1) is 9.28. The van der Waals surface area contributed by atoms with Crippen LogP contribution >= 0.6 is 0 Å². The molecule has 0 aliphatic carbocycles. The molecule has 0 aliphatic heterocycles. The van der Waals surface area contributed by atoms with E-state index >= 15 is 0 Å². The number of pyridine rings is 1. The van der Waals surface area contributed by atoms with E-state index in [1.165, 1.54) is 0 Å². The Labute approximate surface area is 111 Å². The second-order valence-corrected chi connectivity index (χ2v) is 4.50. The fraction of sp³-hybridized carbons (Fsp3) is 0.143. The molecule has 0 aliphatic rings. The van der Waals surface area contributed by atoms with Crippen molar-refractivity contribution < 1.29 is 0 Å². The van der Waals surface area contributed by atoms with Crippen LogP contribution in [0.1, 0.15) is 17.2 Å². The third-order valence-electron chi connectivity index (χ3n) is 3.19. The fourth-order valence-electron chi connectivity index (χ4n) is 2.25. The molecule has 5 heteroatoms. The third-order valence-corrected chi connectivity index (χ3v) is 3.19. The maximum Gasteiger partial charge on any atom is 0.0740 e. The monoisotopic (exact) mass is 253 g/mol. The lowest BCUT2D eigenvalue weighted by Gasteiger charge is -2.15. The molecule has 0 saturated heterocycles. The van der Waals surface area contributed by atoms with Gasteiger partial charge in [-0.3, -0.25) is 15.5 Å². The van der Waals surface area contributed by atoms with Gasteiger partial charge in [-0.05, 0) is 23.8 Å². The first kappa shape index (κ1) is 11.8. The summed E-state index contributed by atoms with van der Waals surface area (Å²) in [5, 5.41) is 5.28. The van der Waals surface area contributed by atoms with Gasteiger partial charge in [-0.2, -0.15) is 5.10 Å². The summed E-state index contributed by atoms with van der Waals surface area (Å²) in [7, 11) is 1.89. The molecule has 19 heavy (non-hydrogen) atoms. The number of nitrogens with zero attached hydrogens (tertiary/aromatic N) is 3. The van der Waals surface area contributed by atoms with Gasteiger partial charge >= 0.3 is 0 Å². The molecule has 3 rings (SSSR count). The van der Waals surface area contributed by atoms with Crippen LogP contribution < -0.4 is 11.3 Å². The van der Waals surface area contributed by atoms with E-state index < -0.39 is 0 Å². The van der Waals surface area contributed by atoms with E-state index in [-0.39, 0.29) is 6.04 Å². The second-order valence-electron chi connectivity index (χ2n) is 4.50. The number of nitrogens with two attached hydrogens (primary N) is 1. The van der Waals surface area contributed by atoms with E-state index in [0.29, 0.717) is 0 Å². The molecule has 0 amide bonds. The summed E-state index contributed by atoms with van der Waals surface area (Å²) >= 11 is 0. The molecule has 5 nitrogen and oxygen atoms in total. The van der Waals surface area contributed by atoms with E-state index in [1.54, 1.807) is 10.9 Å². The van der Waals surface area contributed by atoms with Gasteiger partial charge < -0.3 is 0 Å². The summed E-state index contributed by atoms with van der Waals surface area (Å²) in [4.78, 5) is 4.32. The van der Waals surface area contributed by atoms with Crippen molar-refractivity contribution in [1.29, 1.82) is 0 Å². The Kier molecular flexibility index (Phi) is 2.98. The van der Waals surface area contributed by atoms with E-state index in [4.69, 9.17) is 5.84 Å². The number of aryl methyl sites for hydroxylation is 1. The van der Waals surface area contributed by atoms with Crippen molar-refractivity contribution in [2.24, 2.45) is 12.9 Å². The normalized spacial score (nSPS) is 12.7. The number of rotatable bonds is 3. The molecule has 0 saturated carbocycles. The van der Waals surface area contributed by atoms with Crippen molar-refractivity contribution >= 4 is 10.9 Å². The highest BCUT2D eigenvalue weighted by molar-refractivity contribution is 5.79. The molecular weight excluding hydrogens is 238 g/mol. The largest absolute Gasteiger partial charge is 0.275 e. The molecule has 2 aromatic heterocycles. The van der Waals surface area contributed by atoms with Crippen molar-refractivity contribution in [2.45, 2.75) is 6.04 Å². The minimum Gasteiger partial charge on any atom is -0.275 e. The maximum absolute atomic E-state index is 5.69. The zero-order valence-electron chi connectivity index (χ0n) is 10.6. The summed E-state index contributed by atoms with van der Waals surface area (Å²) < 4.78 is 1.77. The standard InChI is InChI=1S/C14H15N5/c1-19-9-12(8-17-19)14(18-15)11-4-5-13-10(7-11)3-2-6-16-13/h2-9,14,18H,15H2,1H3. The first-order valence-electron chi connectivity index (χ1n) is 6.07. The quantitative estimate of drug-likeness (QED) is 0.548. The van der Waals surface area contributed by atoms with Gasteiger partial charge in [0.15, 0.2) is 0 Å². The molecule has 0 radical (unpaired) electrons. The summed E-state index contributed by atoms with van der Waals surface area (Å²) in [6, 6.07) is 10.0. The predicted molar refractivity (Wildman–Crippen MR) is 74.1 cm³/mol. The Balaban J connectivity index is 2.06. The van der Waals surface area contributed by atoms with E-state index in [9.17, 15) is 0 Å². The average Bonchev–Trinajstić information content (AvgIpc) is 2.86. The molecule has 2 heterocycles. The third kappa shape index (κ3) is 2.21. The average molecular weight is 253 g/mol. The number of benzene rings is 1. The van der Waals surface area contributed by atoms with E-state index in [2.05, 4.69) is 21.6 Å². The van der Waals surface area contributed by atoms with Crippen LogP contribution in [0.2, 0.25) is 0 Å². The van der Waals surface area contributed by atoms with Gasteiger partial charge in [0.25, 0.3) is 0 Å². The Morgan fingerprint density at radius 3 is 2.89 bits per heavy atom. The summed E-state index contributed by atoms with van der Waals surface area (Å²) in [6.45, 7) is 0. The Morgan fingerprint density at radius 2 is 2.16 bits per heavy atom. The molecule has 0 spiro atoms. The molecule has 1 atom stereocenters. The number of hydrogen-bond donors (Lipinski definition) is 2. The molecule has 0 bridgehead atoms. The molecule has 0 fully saturated rings. The summed E-state index contributed by atoms with van der Waals surface area (Å²) in [5.74, 6) is 5.69. The highest BCUT2D eigenvalue weighted by atomic mass is 15.3. The van der Waals surface area contributed by atoms with Crippen LogP contribution in [0, 0.1) is 0 Å². The van der Waals surface area contributed by atoms with Gasteiger partial charge in [0.2, 0.25) is 0 Å². The first-order valence-corrected chi connectivity index (χ1v) is 6.07. The van der Waals surface area contributed by atoms with Crippen LogP contribution in [-0.4, -0.2) is 14.8 Å². The van der Waals surface area contributed by atoms with Gasteiger partial charge in [-0.25, -0.2) is 5.43 Å². The highest BCUT2D eigenvalue weighted by Crippen LogP contribution is 2.23. The molecule has 3 aromatic rings. The van der Waals surface area contributed by atoms with Gasteiger partial charge in [-0.1, -0.05) is 12.1 Å². The molecule has 96 valence electrons. The van der Waals surface area contributed by atoms with E-state index in [1.807, 2.05) is 43.7 Å². The van der Waals surface area contributed by atoms with Crippen LogP contribution in [0.5, 0.6) is 0 Å². The Morgan fingerprint density at radius 1 is 1.26 bits per heavy atom. The van der Waals surface area contributed by atoms with Crippen LogP contribution in [0.15, 0.2) is 48.9 Å². The number of fused-ring (bicyclic) bond motifs is 1. The SMILES string of the molecule is Cn1cc(C(NN)c2ccc3ncccc3c2)cn1. The summed E-state index contributed by atoms with van der Waals surface area (Å²) in [5.41, 5.74) is 5.95. The predicted octanol–water partition coefficient (Wildman–Crippen LogP) is 1.52. The van der Waals surface area contributed by atoms with Gasteiger partial charge in [0, 0.05) is 30.4 Å². The van der Waals surface area contributed by atoms with Gasteiger partial charge in [0.05, 0.1) is 17.8 Å². The van der Waals surface area contributed by atoms with Crippen molar-refractivity contribution in [3.05, 3.63) is 60.0 Å². The molecule has 1 unspecified atom stereocenters. The number of nitrogens with one attached hydrogen (secondary N) is 1. The van der Waals surface area contributed by atoms with Gasteiger partial charge in [-0.15, -0.1) is 0 Å². The van der Waals surface area contributed by atoms with Crippen molar-refractivity contribution in [3.63, 3.8) is 0 Å². The topological polar surface area (TPSA) is 68.8 Å². The Hall–Kier alpha value is -2.24. The highest BCUT2D eigenvalue weighted by Gasteiger charge is 2.14. The van der Waals surface area contributed by atoms with Crippen molar-refractivity contribution in [3.8, 4) is 0 Å². The molecule has 1 aromatic carbocycles. The molecule has 3 N–H and O–H groups in total. The summed E-state index contributed by atoms with van der Waals surface area (Å²) in [6.07, 6.45) is 5.57. The number of aromatic nitrogens is 3. The van der Waals surface area contributed by atoms with E-state index in [0.717, 1.165) is 22.0 Å². The second kappa shape index (κ2) is 4.79. The number of hydrazine groups is 1. The smallest absolute Gasteiger partial charge is 0.0740 e. The van der Waals surface area contributed by atoms with Crippen molar-refractivity contribution in [1.82, 2.24) is 20.2 Å². The van der Waals surface area contributed by atoms with Crippen LogP contribution in [0.4, 0.5) is 0 Å². The number of hydrogen-bond acceptors (Lipinski definition) is 4. The molecular formula is C14H15N5. The van der Waals surface area contributed by atoms with Crippen LogP contribution in [-0.2, 0) is 7.05 Å². The zero-order valence-corrected chi connectivity index (χ0v) is 10.6. The minimum absolute atomic E-state index is 0.0710. The van der Waals surface area contributed by atoms with Crippen LogP contribution in [0.3, 0.4) is 0 Å². The lowest BCUT2D eigenvalue weighted by molar-refractivity contribution is 0.636. The maximum atomic E-state index is 5.69. The minimum atomic E-state index is -0.0710. The van der Waals surface area contributed by atoms with Gasteiger partial charge in [0.1, 0.15) is 0 Å². The Bertz CT molecular complexity index is 704. The zero-order chi connectivity index (χ0) is 13.2. The lowest BCUT2D eigenvalue weighted by Crippen LogP contribution is -2.28. The van der Waals surface area contributed by atoms with Crippen molar-refractivity contribution in [2.75, 3.05) is 0 Å². The lowest BCUT2D eigenvalue weighted by atomic mass is 10.0. The van der Waals surface area contributed by atoms with Crippen LogP contribution in [0.25, 0.3) is 10.9 Å². The fourth-order valence-corrected chi connectivity index (χ4v) is 2.25.